The first kappa shape index (κ1) is 13.3. The summed E-state index contributed by atoms with van der Waals surface area (Å²) in [6.07, 6.45) is 0. The maximum atomic E-state index is 6.19. The Hall–Kier alpha value is -1.17. The van der Waals surface area contributed by atoms with E-state index in [4.69, 9.17) is 23.2 Å². The van der Waals surface area contributed by atoms with E-state index in [0.29, 0.717) is 16.6 Å². The maximum Gasteiger partial charge on any atom is 0.165 e. The molecule has 1 heterocycles. The molecular weight excluding hydrogens is 273 g/mol. The molecule has 0 bridgehead atoms. The summed E-state index contributed by atoms with van der Waals surface area (Å²) >= 11 is 12.1. The Kier molecular flexibility index (Phi) is 4.16. The highest BCUT2D eigenvalue weighted by Crippen LogP contribution is 2.28. The lowest BCUT2D eigenvalue weighted by Crippen LogP contribution is -2.17. The fraction of sp³-hybridized carbons (Fsp3) is 0.364. The van der Waals surface area contributed by atoms with Gasteiger partial charge in [0, 0.05) is 10.0 Å². The van der Waals surface area contributed by atoms with Crippen molar-refractivity contribution in [2.75, 3.05) is 7.05 Å². The highest BCUT2D eigenvalue weighted by molar-refractivity contribution is 6.35. The summed E-state index contributed by atoms with van der Waals surface area (Å²) < 4.78 is 1.74. The van der Waals surface area contributed by atoms with E-state index in [-0.39, 0.29) is 6.04 Å². The van der Waals surface area contributed by atoms with E-state index < -0.39 is 0 Å². The number of nitrogens with zero attached hydrogens (tertiary/aromatic N) is 4. The van der Waals surface area contributed by atoms with Crippen molar-refractivity contribution in [3.63, 3.8) is 0 Å². The lowest BCUT2D eigenvalue weighted by molar-refractivity contribution is 0.513. The zero-order valence-electron chi connectivity index (χ0n) is 10.1. The van der Waals surface area contributed by atoms with E-state index in [1.54, 1.807) is 16.8 Å². The predicted molar refractivity (Wildman–Crippen MR) is 70.9 cm³/mol. The first-order chi connectivity index (χ1) is 8.63. The average molecular weight is 286 g/mol. The number of hydrogen-bond acceptors (Lipinski definition) is 4. The van der Waals surface area contributed by atoms with Gasteiger partial charge in [-0.25, -0.2) is 4.68 Å². The fourth-order valence-corrected chi connectivity index (χ4v) is 2.33. The van der Waals surface area contributed by atoms with Gasteiger partial charge in [-0.2, -0.15) is 0 Å². The van der Waals surface area contributed by atoms with E-state index in [1.807, 2.05) is 20.0 Å². The number of aromatic nitrogens is 4. The van der Waals surface area contributed by atoms with Gasteiger partial charge in [-0.05, 0) is 42.1 Å². The molecule has 0 spiro atoms. The second kappa shape index (κ2) is 5.65. The van der Waals surface area contributed by atoms with Crippen LogP contribution in [0.25, 0.3) is 0 Å². The smallest absolute Gasteiger partial charge is 0.165 e. The second-order valence-electron chi connectivity index (χ2n) is 3.91. The molecule has 0 aliphatic rings. The van der Waals surface area contributed by atoms with Crippen LogP contribution in [0.15, 0.2) is 18.2 Å². The minimum Gasteiger partial charge on any atom is -0.313 e. The molecular formula is C11H13Cl2N5. The average Bonchev–Trinajstić information content (AvgIpc) is 2.77. The van der Waals surface area contributed by atoms with Gasteiger partial charge in [0.15, 0.2) is 5.82 Å². The van der Waals surface area contributed by atoms with Crippen LogP contribution in [0.5, 0.6) is 0 Å². The minimum absolute atomic E-state index is 0.0480. The van der Waals surface area contributed by atoms with Gasteiger partial charge in [0.2, 0.25) is 0 Å². The van der Waals surface area contributed by atoms with Crippen molar-refractivity contribution >= 4 is 23.2 Å². The number of benzene rings is 1. The number of halogens is 2. The molecule has 2 rings (SSSR count). The van der Waals surface area contributed by atoms with Crippen LogP contribution in [-0.4, -0.2) is 27.3 Å². The molecule has 18 heavy (non-hydrogen) atoms. The van der Waals surface area contributed by atoms with Crippen LogP contribution in [-0.2, 0) is 6.54 Å². The molecule has 2 aromatic rings. The summed E-state index contributed by atoms with van der Waals surface area (Å²) in [5.41, 5.74) is 0.936. The number of rotatable bonds is 4. The molecule has 1 unspecified atom stereocenters. The van der Waals surface area contributed by atoms with Gasteiger partial charge in [0.25, 0.3) is 0 Å². The Morgan fingerprint density at radius 3 is 2.83 bits per heavy atom. The van der Waals surface area contributed by atoms with Crippen molar-refractivity contribution < 1.29 is 0 Å². The van der Waals surface area contributed by atoms with Crippen molar-refractivity contribution in [3.8, 4) is 0 Å². The highest BCUT2D eigenvalue weighted by Gasteiger charge is 2.16. The molecule has 0 saturated heterocycles. The van der Waals surface area contributed by atoms with Crippen LogP contribution in [0.2, 0.25) is 10.0 Å². The fourth-order valence-electron chi connectivity index (χ4n) is 1.76. The van der Waals surface area contributed by atoms with Gasteiger partial charge < -0.3 is 5.32 Å². The molecule has 0 aliphatic heterocycles. The van der Waals surface area contributed by atoms with Crippen LogP contribution in [0, 0.1) is 0 Å². The van der Waals surface area contributed by atoms with Crippen LogP contribution in [0.3, 0.4) is 0 Å². The lowest BCUT2D eigenvalue weighted by atomic mass is 10.1. The van der Waals surface area contributed by atoms with Crippen LogP contribution in [0.1, 0.15) is 24.4 Å². The molecule has 1 atom stereocenters. The van der Waals surface area contributed by atoms with E-state index in [0.717, 1.165) is 11.4 Å². The molecule has 1 N–H and O–H groups in total. The second-order valence-corrected chi connectivity index (χ2v) is 4.76. The molecule has 7 heteroatoms. The largest absolute Gasteiger partial charge is 0.313 e. The summed E-state index contributed by atoms with van der Waals surface area (Å²) in [6, 6.07) is 5.37. The van der Waals surface area contributed by atoms with Crippen molar-refractivity contribution in [1.29, 1.82) is 0 Å². The lowest BCUT2D eigenvalue weighted by Gasteiger charge is -2.15. The zero-order valence-corrected chi connectivity index (χ0v) is 11.6. The molecule has 1 aromatic carbocycles. The van der Waals surface area contributed by atoms with Crippen molar-refractivity contribution in [1.82, 2.24) is 25.5 Å². The molecule has 5 nitrogen and oxygen atoms in total. The third kappa shape index (κ3) is 2.63. The van der Waals surface area contributed by atoms with E-state index in [2.05, 4.69) is 20.8 Å². The molecule has 0 fully saturated rings. The Morgan fingerprint density at radius 1 is 1.39 bits per heavy atom. The maximum absolute atomic E-state index is 6.19. The quantitative estimate of drug-likeness (QED) is 0.937. The monoisotopic (exact) mass is 285 g/mol. The van der Waals surface area contributed by atoms with Crippen molar-refractivity contribution in [2.45, 2.75) is 19.5 Å². The highest BCUT2D eigenvalue weighted by atomic mass is 35.5. The predicted octanol–water partition coefficient (Wildman–Crippen LogP) is 2.31. The van der Waals surface area contributed by atoms with Gasteiger partial charge in [-0.15, -0.1) is 5.10 Å². The molecule has 0 aliphatic carbocycles. The van der Waals surface area contributed by atoms with Crippen molar-refractivity contribution in [2.24, 2.45) is 0 Å². The van der Waals surface area contributed by atoms with Gasteiger partial charge in [-0.3, -0.25) is 0 Å². The standard InChI is InChI=1S/C11H13Cl2N5/c1-7(9-4-3-8(12)5-10(9)13)18-11(6-14-2)15-16-17-18/h3-5,7,14H,6H2,1-2H3. The zero-order chi connectivity index (χ0) is 13.1. The summed E-state index contributed by atoms with van der Waals surface area (Å²) in [5.74, 6) is 0.760. The van der Waals surface area contributed by atoms with Crippen LogP contribution < -0.4 is 5.32 Å². The van der Waals surface area contributed by atoms with E-state index in [9.17, 15) is 0 Å². The van der Waals surface area contributed by atoms with Crippen molar-refractivity contribution in [3.05, 3.63) is 39.6 Å². The molecule has 0 amide bonds. The van der Waals surface area contributed by atoms with E-state index >= 15 is 0 Å². The Bertz CT molecular complexity index is 540. The summed E-state index contributed by atoms with van der Waals surface area (Å²) in [5, 5.41) is 15.9. The molecule has 0 radical (unpaired) electrons. The molecule has 0 saturated carbocycles. The normalized spacial score (nSPS) is 12.7. The Morgan fingerprint density at radius 2 is 2.17 bits per heavy atom. The Balaban J connectivity index is 2.35. The first-order valence-electron chi connectivity index (χ1n) is 5.49. The van der Waals surface area contributed by atoms with Crippen LogP contribution >= 0.6 is 23.2 Å². The third-order valence-electron chi connectivity index (χ3n) is 2.68. The van der Waals surface area contributed by atoms with Gasteiger partial charge in [0.1, 0.15) is 0 Å². The molecule has 1 aromatic heterocycles. The number of tetrazole rings is 1. The third-order valence-corrected chi connectivity index (χ3v) is 3.24. The first-order valence-corrected chi connectivity index (χ1v) is 6.25. The summed E-state index contributed by atoms with van der Waals surface area (Å²) in [6.45, 7) is 2.59. The topological polar surface area (TPSA) is 55.6 Å². The molecule has 96 valence electrons. The number of nitrogens with one attached hydrogen (secondary N) is 1. The van der Waals surface area contributed by atoms with Gasteiger partial charge in [-0.1, -0.05) is 29.3 Å². The van der Waals surface area contributed by atoms with Gasteiger partial charge >= 0.3 is 0 Å². The van der Waals surface area contributed by atoms with Gasteiger partial charge in [0.05, 0.1) is 12.6 Å². The number of hydrogen-bond donors (Lipinski definition) is 1. The summed E-state index contributed by atoms with van der Waals surface area (Å²) in [4.78, 5) is 0. The Labute approximate surface area is 115 Å². The minimum atomic E-state index is -0.0480. The SMILES string of the molecule is CNCc1nnnn1C(C)c1ccc(Cl)cc1Cl. The van der Waals surface area contributed by atoms with E-state index in [1.165, 1.54) is 0 Å². The van der Waals surface area contributed by atoms with Crippen LogP contribution in [0.4, 0.5) is 0 Å². The summed E-state index contributed by atoms with van der Waals surface area (Å²) in [7, 11) is 1.85.